The third-order valence-electron chi connectivity index (χ3n) is 4.52. The van der Waals surface area contributed by atoms with Crippen LogP contribution in [0.15, 0.2) is 24.5 Å². The highest BCUT2D eigenvalue weighted by Gasteiger charge is 2.25. The number of primary amides is 1. The smallest absolute Gasteiger partial charge is 0.267 e. The van der Waals surface area contributed by atoms with Crippen molar-refractivity contribution in [2.24, 2.45) is 11.7 Å². The van der Waals surface area contributed by atoms with Crippen molar-refractivity contribution >= 4 is 34.7 Å². The summed E-state index contributed by atoms with van der Waals surface area (Å²) >= 11 is 1.40. The molecule has 2 amide bonds. The fourth-order valence-corrected chi connectivity index (χ4v) is 3.85. The van der Waals surface area contributed by atoms with E-state index in [-0.39, 0.29) is 23.1 Å². The number of hydrogen-bond acceptors (Lipinski definition) is 6. The van der Waals surface area contributed by atoms with Gasteiger partial charge in [0, 0.05) is 18.5 Å². The minimum atomic E-state index is -0.261. The van der Waals surface area contributed by atoms with Gasteiger partial charge in [0.2, 0.25) is 5.91 Å². The number of rotatable bonds is 4. The fraction of sp³-hybridized carbons (Fsp3) is 0.474. The number of piperidine rings is 1. The van der Waals surface area contributed by atoms with Crippen LogP contribution in [-0.4, -0.2) is 34.9 Å². The van der Waals surface area contributed by atoms with Gasteiger partial charge in [-0.15, -0.1) is 11.3 Å². The number of carbonyl (C=O) groups excluding carboxylic acids is 2. The van der Waals surface area contributed by atoms with Gasteiger partial charge in [0.1, 0.15) is 10.7 Å². The van der Waals surface area contributed by atoms with Gasteiger partial charge in [-0.1, -0.05) is 20.8 Å². The van der Waals surface area contributed by atoms with Crippen LogP contribution < -0.4 is 16.0 Å². The summed E-state index contributed by atoms with van der Waals surface area (Å²) in [6.07, 6.45) is 4.98. The molecular weight excluding hydrogens is 362 g/mol. The minimum Gasteiger partial charge on any atom is -0.369 e. The van der Waals surface area contributed by atoms with E-state index in [1.807, 2.05) is 12.1 Å². The lowest BCUT2D eigenvalue weighted by atomic mass is 9.97. The molecule has 2 aromatic rings. The van der Waals surface area contributed by atoms with Crippen LogP contribution in [0.25, 0.3) is 0 Å². The predicted molar refractivity (Wildman–Crippen MR) is 107 cm³/mol. The Balaban J connectivity index is 1.64. The van der Waals surface area contributed by atoms with E-state index in [0.717, 1.165) is 30.2 Å². The van der Waals surface area contributed by atoms with Crippen LogP contribution in [0.1, 0.15) is 48.3 Å². The van der Waals surface area contributed by atoms with Crippen molar-refractivity contribution < 1.29 is 9.59 Å². The quantitative estimate of drug-likeness (QED) is 0.840. The van der Waals surface area contributed by atoms with E-state index < -0.39 is 0 Å². The minimum absolute atomic E-state index is 0.0797. The van der Waals surface area contributed by atoms with Gasteiger partial charge in [-0.25, -0.2) is 9.97 Å². The molecule has 8 heteroatoms. The summed E-state index contributed by atoms with van der Waals surface area (Å²) in [7, 11) is 0. The van der Waals surface area contributed by atoms with E-state index in [1.54, 1.807) is 12.4 Å². The Morgan fingerprint density at radius 1 is 1.26 bits per heavy atom. The second kappa shape index (κ2) is 7.64. The first-order valence-corrected chi connectivity index (χ1v) is 9.83. The number of anilines is 2. The van der Waals surface area contributed by atoms with Gasteiger partial charge < -0.3 is 16.0 Å². The number of thiazole rings is 1. The molecule has 3 heterocycles. The van der Waals surface area contributed by atoms with Crippen molar-refractivity contribution in [1.82, 2.24) is 9.97 Å². The number of carbonyl (C=O) groups is 2. The van der Waals surface area contributed by atoms with Gasteiger partial charge in [-0.2, -0.15) is 0 Å². The zero-order valence-electron chi connectivity index (χ0n) is 15.9. The molecule has 0 saturated carbocycles. The molecule has 3 N–H and O–H groups in total. The van der Waals surface area contributed by atoms with Crippen LogP contribution in [0.2, 0.25) is 0 Å². The lowest BCUT2D eigenvalue weighted by Crippen LogP contribution is -2.41. The van der Waals surface area contributed by atoms with E-state index in [1.165, 1.54) is 11.3 Å². The highest BCUT2D eigenvalue weighted by atomic mass is 32.1. The number of nitrogens with one attached hydrogen (secondary N) is 1. The van der Waals surface area contributed by atoms with Crippen LogP contribution in [0.3, 0.4) is 0 Å². The van der Waals surface area contributed by atoms with E-state index in [9.17, 15) is 9.59 Å². The maximum atomic E-state index is 12.4. The van der Waals surface area contributed by atoms with Gasteiger partial charge >= 0.3 is 0 Å². The van der Waals surface area contributed by atoms with Crippen molar-refractivity contribution in [3.63, 3.8) is 0 Å². The third-order valence-corrected chi connectivity index (χ3v) is 5.95. The number of nitrogens with zero attached hydrogens (tertiary/aromatic N) is 3. The second-order valence-electron chi connectivity index (χ2n) is 7.83. The molecule has 1 aliphatic rings. The molecule has 1 saturated heterocycles. The first kappa shape index (κ1) is 19.3. The van der Waals surface area contributed by atoms with E-state index in [4.69, 9.17) is 5.73 Å². The molecule has 1 atom stereocenters. The van der Waals surface area contributed by atoms with Gasteiger partial charge in [-0.05, 0) is 25.0 Å². The topological polar surface area (TPSA) is 101 Å². The molecule has 1 aliphatic heterocycles. The molecule has 0 bridgehead atoms. The lowest BCUT2D eigenvalue weighted by molar-refractivity contribution is -0.122. The summed E-state index contributed by atoms with van der Waals surface area (Å²) in [4.78, 5) is 35.3. The molecule has 0 spiro atoms. The molecule has 7 nitrogen and oxygen atoms in total. The number of aromatic nitrogens is 2. The number of hydrogen-bond donors (Lipinski definition) is 2. The van der Waals surface area contributed by atoms with Crippen molar-refractivity contribution in [2.75, 3.05) is 23.3 Å². The first-order chi connectivity index (χ1) is 12.7. The van der Waals surface area contributed by atoms with E-state index >= 15 is 0 Å². The van der Waals surface area contributed by atoms with Gasteiger partial charge in [0.05, 0.1) is 29.0 Å². The molecule has 0 radical (unpaired) electrons. The van der Waals surface area contributed by atoms with Crippen molar-refractivity contribution in [2.45, 2.75) is 39.0 Å². The molecule has 144 valence electrons. The summed E-state index contributed by atoms with van der Waals surface area (Å²) in [5.74, 6) is 0.196. The van der Waals surface area contributed by atoms with Crippen molar-refractivity contribution in [3.8, 4) is 0 Å². The summed E-state index contributed by atoms with van der Waals surface area (Å²) < 4.78 is 0. The predicted octanol–water partition coefficient (Wildman–Crippen LogP) is 2.79. The van der Waals surface area contributed by atoms with Crippen LogP contribution in [0.5, 0.6) is 0 Å². The van der Waals surface area contributed by atoms with Crippen LogP contribution in [0, 0.1) is 5.92 Å². The van der Waals surface area contributed by atoms with E-state index in [2.05, 4.69) is 41.0 Å². The van der Waals surface area contributed by atoms with Crippen molar-refractivity contribution in [3.05, 3.63) is 34.4 Å². The average molecular weight is 388 g/mol. The highest BCUT2D eigenvalue weighted by molar-refractivity contribution is 7.13. The Hall–Kier alpha value is -2.48. The summed E-state index contributed by atoms with van der Waals surface area (Å²) in [5, 5.41) is 3.78. The van der Waals surface area contributed by atoms with Crippen molar-refractivity contribution in [1.29, 1.82) is 0 Å². The zero-order valence-corrected chi connectivity index (χ0v) is 16.7. The maximum absolute atomic E-state index is 12.4. The van der Waals surface area contributed by atoms with Gasteiger partial charge in [0.15, 0.2) is 0 Å². The largest absolute Gasteiger partial charge is 0.369 e. The summed E-state index contributed by atoms with van der Waals surface area (Å²) in [6.45, 7) is 7.64. The SMILES string of the molecule is CC(C)(C)c1ncc(C(=O)Nc2ccc(N3CCCC(C(N)=O)C3)nc2)s1. The maximum Gasteiger partial charge on any atom is 0.267 e. The highest BCUT2D eigenvalue weighted by Crippen LogP contribution is 2.27. The lowest BCUT2D eigenvalue weighted by Gasteiger charge is -2.32. The second-order valence-corrected chi connectivity index (χ2v) is 8.86. The van der Waals surface area contributed by atoms with Crippen LogP contribution >= 0.6 is 11.3 Å². The normalized spacial score (nSPS) is 17.6. The number of nitrogens with two attached hydrogens (primary N) is 1. The Kier molecular flexibility index (Phi) is 5.46. The number of pyridine rings is 1. The number of amides is 2. The standard InChI is InChI=1S/C19H25N5O2S/c1-19(2,3)18-22-10-14(27-18)17(26)23-13-6-7-15(21-9-13)24-8-4-5-12(11-24)16(20)25/h6-7,9-10,12H,4-5,8,11H2,1-3H3,(H2,20,25)(H,23,26). The Labute approximate surface area is 163 Å². The molecule has 3 rings (SSSR count). The molecule has 1 fully saturated rings. The molecule has 1 unspecified atom stereocenters. The van der Waals surface area contributed by atoms with E-state index in [0.29, 0.717) is 17.1 Å². The Morgan fingerprint density at radius 2 is 2.04 bits per heavy atom. The Bertz CT molecular complexity index is 825. The van der Waals surface area contributed by atoms with Crippen LogP contribution in [0.4, 0.5) is 11.5 Å². The molecule has 0 aromatic carbocycles. The zero-order chi connectivity index (χ0) is 19.6. The third kappa shape index (κ3) is 4.63. The fourth-order valence-electron chi connectivity index (χ4n) is 2.98. The summed E-state index contributed by atoms with van der Waals surface area (Å²) in [6, 6.07) is 3.67. The molecule has 2 aromatic heterocycles. The average Bonchev–Trinajstić information content (AvgIpc) is 3.13. The van der Waals surface area contributed by atoms with Gasteiger partial charge in [-0.3, -0.25) is 9.59 Å². The molecular formula is C19H25N5O2S. The van der Waals surface area contributed by atoms with Crippen LogP contribution in [-0.2, 0) is 10.2 Å². The molecule has 0 aliphatic carbocycles. The first-order valence-electron chi connectivity index (χ1n) is 9.02. The monoisotopic (exact) mass is 387 g/mol. The summed E-state index contributed by atoms with van der Waals surface area (Å²) in [5.41, 5.74) is 5.98. The molecule has 27 heavy (non-hydrogen) atoms. The van der Waals surface area contributed by atoms with Gasteiger partial charge in [0.25, 0.3) is 5.91 Å². The Morgan fingerprint density at radius 3 is 2.63 bits per heavy atom.